The van der Waals surface area contributed by atoms with E-state index in [2.05, 4.69) is 27.3 Å². The maximum Gasteiger partial charge on any atom is 0.328 e. The van der Waals surface area contributed by atoms with Crippen molar-refractivity contribution >= 4 is 33.9 Å². The summed E-state index contributed by atoms with van der Waals surface area (Å²) in [7, 11) is 1.51. The predicted octanol–water partition coefficient (Wildman–Crippen LogP) is 3.82. The number of methoxy groups -OCH3 is 1. The van der Waals surface area contributed by atoms with Gasteiger partial charge in [-0.2, -0.15) is 5.26 Å². The van der Waals surface area contributed by atoms with Crippen molar-refractivity contribution in [3.05, 3.63) is 63.3 Å². The lowest BCUT2D eigenvalue weighted by Gasteiger charge is -2.13. The number of rotatable bonds is 6. The van der Waals surface area contributed by atoms with Crippen LogP contribution in [0.3, 0.4) is 0 Å². The van der Waals surface area contributed by atoms with Gasteiger partial charge < -0.3 is 14.8 Å². The van der Waals surface area contributed by atoms with Gasteiger partial charge in [-0.1, -0.05) is 34.1 Å². The highest BCUT2D eigenvalue weighted by Gasteiger charge is 2.32. The molecule has 148 valence electrons. The van der Waals surface area contributed by atoms with Crippen LogP contribution in [0.1, 0.15) is 23.6 Å². The first-order valence-electron chi connectivity index (χ1n) is 8.81. The summed E-state index contributed by atoms with van der Waals surface area (Å²) in [6.07, 6.45) is 1.58. The maximum absolute atomic E-state index is 12.3. The van der Waals surface area contributed by atoms with E-state index in [1.165, 1.54) is 7.11 Å². The summed E-state index contributed by atoms with van der Waals surface area (Å²) in [6, 6.07) is 12.3. The molecule has 8 heteroatoms. The Morgan fingerprint density at radius 2 is 2.00 bits per heavy atom. The quantitative estimate of drug-likeness (QED) is 0.527. The number of nitrogens with zero attached hydrogens (tertiary/aromatic N) is 2. The molecule has 3 amide bonds. The molecule has 1 heterocycles. The second-order valence-electron chi connectivity index (χ2n) is 6.12. The van der Waals surface area contributed by atoms with Crippen LogP contribution in [-0.2, 0) is 11.4 Å². The number of ether oxygens (including phenoxy) is 2. The first-order chi connectivity index (χ1) is 14.0. The predicted molar refractivity (Wildman–Crippen MR) is 110 cm³/mol. The van der Waals surface area contributed by atoms with Gasteiger partial charge in [-0.25, -0.2) is 4.79 Å². The Labute approximate surface area is 176 Å². The van der Waals surface area contributed by atoms with E-state index in [1.807, 2.05) is 12.1 Å². The summed E-state index contributed by atoms with van der Waals surface area (Å²) < 4.78 is 11.9. The fourth-order valence-corrected chi connectivity index (χ4v) is 3.30. The van der Waals surface area contributed by atoms with Crippen LogP contribution in [0, 0.1) is 11.3 Å². The molecule has 0 spiro atoms. The Morgan fingerprint density at radius 1 is 1.24 bits per heavy atom. The molecule has 0 saturated carbocycles. The number of imide groups is 1. The Kier molecular flexibility index (Phi) is 6.20. The standard InChI is InChI=1S/C21H18BrN3O4/c1-3-25-20(26)17(24-21(25)27)8-15-9-18(28-2)19(10-16(15)22)29-12-14-7-5-4-6-13(14)11-23/h4-10H,3,12H2,1-2H3,(H,24,27)/b17-8+. The summed E-state index contributed by atoms with van der Waals surface area (Å²) in [5, 5.41) is 11.8. The van der Waals surface area contributed by atoms with Gasteiger partial charge >= 0.3 is 6.03 Å². The fraction of sp³-hybridized carbons (Fsp3) is 0.190. The smallest absolute Gasteiger partial charge is 0.328 e. The Balaban J connectivity index is 1.87. The third kappa shape index (κ3) is 4.25. The average Bonchev–Trinajstić information content (AvgIpc) is 3.00. The largest absolute Gasteiger partial charge is 0.493 e. The summed E-state index contributed by atoms with van der Waals surface area (Å²) in [5.41, 5.74) is 2.14. The molecule has 0 unspecified atom stereocenters. The molecule has 1 saturated heterocycles. The van der Waals surface area contributed by atoms with E-state index >= 15 is 0 Å². The highest BCUT2D eigenvalue weighted by molar-refractivity contribution is 9.10. The maximum atomic E-state index is 12.3. The van der Waals surface area contributed by atoms with E-state index in [0.29, 0.717) is 33.6 Å². The molecular formula is C21H18BrN3O4. The number of halogens is 1. The first kappa shape index (κ1) is 20.4. The Hall–Kier alpha value is -3.31. The molecule has 0 radical (unpaired) electrons. The number of urea groups is 1. The highest BCUT2D eigenvalue weighted by atomic mass is 79.9. The second-order valence-corrected chi connectivity index (χ2v) is 6.97. The van der Waals surface area contributed by atoms with Gasteiger partial charge in [0.05, 0.1) is 18.7 Å². The molecule has 1 N–H and O–H groups in total. The van der Waals surface area contributed by atoms with Crippen LogP contribution in [0.25, 0.3) is 6.08 Å². The monoisotopic (exact) mass is 455 g/mol. The summed E-state index contributed by atoms with van der Waals surface area (Å²) in [5.74, 6) is 0.557. The zero-order valence-corrected chi connectivity index (χ0v) is 17.4. The molecule has 0 atom stereocenters. The third-order valence-corrected chi connectivity index (χ3v) is 5.07. The molecule has 2 aromatic carbocycles. The molecule has 0 aliphatic carbocycles. The van der Waals surface area contributed by atoms with Crippen molar-refractivity contribution < 1.29 is 19.1 Å². The highest BCUT2D eigenvalue weighted by Crippen LogP contribution is 2.35. The van der Waals surface area contributed by atoms with E-state index in [-0.39, 0.29) is 18.2 Å². The summed E-state index contributed by atoms with van der Waals surface area (Å²) in [4.78, 5) is 25.2. The minimum Gasteiger partial charge on any atom is -0.493 e. The van der Waals surface area contributed by atoms with Gasteiger partial charge in [-0.05, 0) is 36.8 Å². The number of hydrogen-bond acceptors (Lipinski definition) is 5. The van der Waals surface area contributed by atoms with Crippen molar-refractivity contribution in [3.8, 4) is 17.6 Å². The normalized spacial score (nSPS) is 14.7. The number of hydrogen-bond donors (Lipinski definition) is 1. The number of nitrogens with one attached hydrogen (secondary N) is 1. The SMILES string of the molecule is CCN1C(=O)N/C(=C/c2cc(OC)c(OCc3ccccc3C#N)cc2Br)C1=O. The Morgan fingerprint density at radius 3 is 2.66 bits per heavy atom. The first-order valence-corrected chi connectivity index (χ1v) is 9.60. The third-order valence-electron chi connectivity index (χ3n) is 4.38. The van der Waals surface area contributed by atoms with Crippen LogP contribution in [0.2, 0.25) is 0 Å². The number of carbonyl (C=O) groups excluding carboxylic acids is 2. The number of benzene rings is 2. The number of likely N-dealkylation sites (N-methyl/N-ethyl adjacent to an activating group) is 1. The van der Waals surface area contributed by atoms with Crippen LogP contribution >= 0.6 is 15.9 Å². The zero-order chi connectivity index (χ0) is 21.0. The van der Waals surface area contributed by atoms with Crippen molar-refractivity contribution in [2.75, 3.05) is 13.7 Å². The lowest BCUT2D eigenvalue weighted by atomic mass is 10.1. The van der Waals surface area contributed by atoms with Gasteiger partial charge in [0, 0.05) is 16.6 Å². The topological polar surface area (TPSA) is 91.7 Å². The molecule has 1 aliphatic rings. The number of amides is 3. The molecule has 0 aromatic heterocycles. The van der Waals surface area contributed by atoms with Gasteiger partial charge in [0.25, 0.3) is 5.91 Å². The molecule has 1 fully saturated rings. The van der Waals surface area contributed by atoms with Gasteiger partial charge in [-0.15, -0.1) is 0 Å². The van der Waals surface area contributed by atoms with Gasteiger partial charge in [0.1, 0.15) is 12.3 Å². The van der Waals surface area contributed by atoms with E-state index in [4.69, 9.17) is 9.47 Å². The zero-order valence-electron chi connectivity index (χ0n) is 15.9. The lowest BCUT2D eigenvalue weighted by molar-refractivity contribution is -0.122. The van der Waals surface area contributed by atoms with E-state index in [0.717, 1.165) is 10.5 Å². The van der Waals surface area contributed by atoms with E-state index in [9.17, 15) is 14.9 Å². The van der Waals surface area contributed by atoms with Gasteiger partial charge in [-0.3, -0.25) is 9.69 Å². The molecule has 1 aliphatic heterocycles. The molecule has 7 nitrogen and oxygen atoms in total. The molecular weight excluding hydrogens is 438 g/mol. The Bertz CT molecular complexity index is 1040. The minimum absolute atomic E-state index is 0.191. The fourth-order valence-electron chi connectivity index (χ4n) is 2.86. The molecule has 29 heavy (non-hydrogen) atoms. The summed E-state index contributed by atoms with van der Waals surface area (Å²) >= 11 is 3.47. The van der Waals surface area contributed by atoms with Crippen molar-refractivity contribution in [2.24, 2.45) is 0 Å². The van der Waals surface area contributed by atoms with Crippen molar-refractivity contribution in [1.82, 2.24) is 10.2 Å². The summed E-state index contributed by atoms with van der Waals surface area (Å²) in [6.45, 7) is 2.23. The van der Waals surface area contributed by atoms with Crippen LogP contribution < -0.4 is 14.8 Å². The number of nitriles is 1. The lowest BCUT2D eigenvalue weighted by Crippen LogP contribution is -2.30. The van der Waals surface area contributed by atoms with Gasteiger partial charge in [0.2, 0.25) is 0 Å². The van der Waals surface area contributed by atoms with Crippen molar-refractivity contribution in [2.45, 2.75) is 13.5 Å². The van der Waals surface area contributed by atoms with Crippen molar-refractivity contribution in [1.29, 1.82) is 5.26 Å². The van der Waals surface area contributed by atoms with Crippen LogP contribution in [0.15, 0.2) is 46.6 Å². The number of carbonyl (C=O) groups is 2. The van der Waals surface area contributed by atoms with Crippen LogP contribution in [-0.4, -0.2) is 30.5 Å². The van der Waals surface area contributed by atoms with Crippen LogP contribution in [0.4, 0.5) is 4.79 Å². The van der Waals surface area contributed by atoms with E-state index < -0.39 is 6.03 Å². The average molecular weight is 456 g/mol. The second kappa shape index (κ2) is 8.80. The van der Waals surface area contributed by atoms with Crippen LogP contribution in [0.5, 0.6) is 11.5 Å². The van der Waals surface area contributed by atoms with Gasteiger partial charge in [0.15, 0.2) is 11.5 Å². The minimum atomic E-state index is -0.442. The van der Waals surface area contributed by atoms with Crippen molar-refractivity contribution in [3.63, 3.8) is 0 Å². The molecule has 3 rings (SSSR count). The van der Waals surface area contributed by atoms with E-state index in [1.54, 1.807) is 37.3 Å². The molecule has 2 aromatic rings. The molecule has 0 bridgehead atoms.